The van der Waals surface area contributed by atoms with Crippen molar-refractivity contribution in [2.45, 2.75) is 38.3 Å². The van der Waals surface area contributed by atoms with Crippen LogP contribution in [0.1, 0.15) is 26.3 Å². The molecule has 214 valence electrons. The first-order valence-electron chi connectivity index (χ1n) is 12.5. The molecule has 8 nitrogen and oxygen atoms in total. The number of hydrogen-bond donors (Lipinski definition) is 1. The first-order valence-corrected chi connectivity index (χ1v) is 14.7. The van der Waals surface area contributed by atoms with Crippen molar-refractivity contribution in [1.82, 2.24) is 10.2 Å². The molecule has 0 aliphatic heterocycles. The molecular weight excluding hydrogens is 580 g/mol. The number of sulfonamides is 1. The summed E-state index contributed by atoms with van der Waals surface area (Å²) in [4.78, 5) is 27.7. The molecular formula is C28H30Cl2FN3O5S. The number of halogens is 3. The topological polar surface area (TPSA) is 96.0 Å². The fraction of sp³-hybridized carbons (Fsp3) is 0.286. The highest BCUT2D eigenvalue weighted by Gasteiger charge is 2.32. The lowest BCUT2D eigenvalue weighted by Crippen LogP contribution is -2.51. The van der Waals surface area contributed by atoms with Crippen LogP contribution in [0.3, 0.4) is 0 Å². The molecule has 0 heterocycles. The van der Waals surface area contributed by atoms with Crippen LogP contribution in [0.5, 0.6) is 5.75 Å². The molecule has 0 aromatic heterocycles. The van der Waals surface area contributed by atoms with E-state index in [1.807, 2.05) is 0 Å². The zero-order valence-corrected chi connectivity index (χ0v) is 24.6. The van der Waals surface area contributed by atoms with Crippen LogP contribution in [0.2, 0.25) is 10.0 Å². The van der Waals surface area contributed by atoms with Crippen LogP contribution < -0.4 is 14.4 Å². The van der Waals surface area contributed by atoms with Crippen molar-refractivity contribution < 1.29 is 27.1 Å². The van der Waals surface area contributed by atoms with Crippen LogP contribution >= 0.6 is 23.2 Å². The lowest BCUT2D eigenvalue weighted by Gasteiger charge is -2.32. The average molecular weight is 611 g/mol. The van der Waals surface area contributed by atoms with E-state index in [-0.39, 0.29) is 22.2 Å². The van der Waals surface area contributed by atoms with Gasteiger partial charge in [-0.05, 0) is 87.0 Å². The van der Waals surface area contributed by atoms with Crippen molar-refractivity contribution in [3.05, 3.63) is 88.2 Å². The van der Waals surface area contributed by atoms with Crippen LogP contribution in [0.15, 0.2) is 71.6 Å². The number of nitrogens with zero attached hydrogens (tertiary/aromatic N) is 2. The zero-order valence-electron chi connectivity index (χ0n) is 22.2. The van der Waals surface area contributed by atoms with Crippen LogP contribution in [-0.4, -0.2) is 50.9 Å². The Bertz CT molecular complexity index is 1440. The summed E-state index contributed by atoms with van der Waals surface area (Å²) in [5, 5.41) is 3.27. The Kier molecular flexibility index (Phi) is 10.8. The number of amides is 2. The van der Waals surface area contributed by atoms with Gasteiger partial charge in [-0.2, -0.15) is 0 Å². The fourth-order valence-corrected chi connectivity index (χ4v) is 5.61. The van der Waals surface area contributed by atoms with E-state index in [0.29, 0.717) is 29.5 Å². The van der Waals surface area contributed by atoms with Crippen molar-refractivity contribution in [1.29, 1.82) is 0 Å². The molecule has 40 heavy (non-hydrogen) atoms. The third-order valence-corrected chi connectivity index (χ3v) is 8.50. The first kappa shape index (κ1) is 31.2. The van der Waals surface area contributed by atoms with Gasteiger partial charge < -0.3 is 15.0 Å². The largest absolute Gasteiger partial charge is 0.494 e. The summed E-state index contributed by atoms with van der Waals surface area (Å²) < 4.78 is 47.6. The molecule has 0 spiro atoms. The predicted octanol–water partition coefficient (Wildman–Crippen LogP) is 5.28. The standard InChI is InChI=1S/C28H30Cl2FN3O5S/c1-4-32-28(36)19(3)33(17-20-6-15-25(29)26(30)16-20)27(35)18-34(22-9-7-21(31)8-10-22)40(37,38)24-13-11-23(12-14-24)39-5-2/h6-16,19H,4-5,17-18H2,1-3H3,(H,32,36)/t19-/m0/s1. The zero-order chi connectivity index (χ0) is 29.4. The maximum absolute atomic E-state index is 13.8. The normalized spacial score (nSPS) is 11.9. The Hall–Kier alpha value is -3.34. The third kappa shape index (κ3) is 7.65. The molecule has 3 aromatic carbocycles. The number of benzene rings is 3. The molecule has 0 aliphatic carbocycles. The van der Waals surface area contributed by atoms with Gasteiger partial charge in [0, 0.05) is 13.1 Å². The molecule has 3 aromatic rings. The molecule has 0 fully saturated rings. The molecule has 3 rings (SSSR count). The summed E-state index contributed by atoms with van der Waals surface area (Å²) in [5.41, 5.74) is 0.658. The van der Waals surface area contributed by atoms with E-state index in [2.05, 4.69) is 5.32 Å². The molecule has 12 heteroatoms. The first-order chi connectivity index (χ1) is 19.0. The second kappa shape index (κ2) is 13.8. The minimum Gasteiger partial charge on any atom is -0.494 e. The van der Waals surface area contributed by atoms with E-state index in [9.17, 15) is 22.4 Å². The van der Waals surface area contributed by atoms with Crippen molar-refractivity contribution in [3.63, 3.8) is 0 Å². The van der Waals surface area contributed by atoms with Gasteiger partial charge in [-0.15, -0.1) is 0 Å². The quantitative estimate of drug-likeness (QED) is 0.301. The van der Waals surface area contributed by atoms with Crippen molar-refractivity contribution in [3.8, 4) is 5.75 Å². The second-order valence-electron chi connectivity index (χ2n) is 8.73. The Morgan fingerprint density at radius 1 is 0.975 bits per heavy atom. The molecule has 1 atom stereocenters. The van der Waals surface area contributed by atoms with Gasteiger partial charge in [0.05, 0.1) is 27.2 Å². The van der Waals surface area contributed by atoms with E-state index in [1.165, 1.54) is 41.3 Å². The maximum atomic E-state index is 13.8. The smallest absolute Gasteiger partial charge is 0.264 e. The SMILES string of the molecule is CCNC(=O)[C@H](C)N(Cc1ccc(Cl)c(Cl)c1)C(=O)CN(c1ccc(F)cc1)S(=O)(=O)c1ccc(OCC)cc1. The number of hydrogen-bond acceptors (Lipinski definition) is 5. The third-order valence-electron chi connectivity index (χ3n) is 5.97. The molecule has 0 radical (unpaired) electrons. The summed E-state index contributed by atoms with van der Waals surface area (Å²) in [6.07, 6.45) is 0. The summed E-state index contributed by atoms with van der Waals surface area (Å²) in [6.45, 7) is 5.13. The number of ether oxygens (including phenoxy) is 1. The number of anilines is 1. The molecule has 1 N–H and O–H groups in total. The maximum Gasteiger partial charge on any atom is 0.264 e. The summed E-state index contributed by atoms with van der Waals surface area (Å²) in [7, 11) is -4.30. The number of nitrogens with one attached hydrogen (secondary N) is 1. The van der Waals surface area contributed by atoms with Crippen molar-refractivity contribution >= 4 is 50.7 Å². The fourth-order valence-electron chi connectivity index (χ4n) is 3.88. The monoisotopic (exact) mass is 609 g/mol. The Morgan fingerprint density at radius 3 is 2.20 bits per heavy atom. The molecule has 0 aliphatic rings. The van der Waals surface area contributed by atoms with Crippen LogP contribution in [-0.2, 0) is 26.2 Å². The minimum atomic E-state index is -4.30. The molecule has 2 amide bonds. The van der Waals surface area contributed by atoms with E-state index in [4.69, 9.17) is 27.9 Å². The predicted molar refractivity (Wildman–Crippen MR) is 154 cm³/mol. The minimum absolute atomic E-state index is 0.0472. The highest BCUT2D eigenvalue weighted by atomic mass is 35.5. The summed E-state index contributed by atoms with van der Waals surface area (Å²) >= 11 is 12.2. The van der Waals surface area contributed by atoms with Gasteiger partial charge in [-0.3, -0.25) is 13.9 Å². The Labute approximate surface area is 243 Å². The van der Waals surface area contributed by atoms with Crippen molar-refractivity contribution in [2.75, 3.05) is 24.0 Å². The van der Waals surface area contributed by atoms with Crippen LogP contribution in [0, 0.1) is 5.82 Å². The Balaban J connectivity index is 2.02. The lowest BCUT2D eigenvalue weighted by molar-refractivity contribution is -0.139. The molecule has 0 unspecified atom stereocenters. The van der Waals surface area contributed by atoms with Gasteiger partial charge in [0.1, 0.15) is 24.2 Å². The van der Waals surface area contributed by atoms with Crippen LogP contribution in [0.25, 0.3) is 0 Å². The van der Waals surface area contributed by atoms with Crippen LogP contribution in [0.4, 0.5) is 10.1 Å². The highest BCUT2D eigenvalue weighted by molar-refractivity contribution is 7.92. The van der Waals surface area contributed by atoms with Gasteiger partial charge in [-0.25, -0.2) is 12.8 Å². The summed E-state index contributed by atoms with van der Waals surface area (Å²) in [6, 6.07) is 14.3. The van der Waals surface area contributed by atoms with Gasteiger partial charge >= 0.3 is 0 Å². The second-order valence-corrected chi connectivity index (χ2v) is 11.4. The van der Waals surface area contributed by atoms with Gasteiger partial charge in [0.15, 0.2) is 0 Å². The van der Waals surface area contributed by atoms with E-state index in [1.54, 1.807) is 39.0 Å². The number of likely N-dealkylation sites (N-methyl/N-ethyl adjacent to an activating group) is 1. The molecule has 0 bridgehead atoms. The number of carbonyl (C=O) groups excluding carboxylic acids is 2. The van der Waals surface area contributed by atoms with Gasteiger partial charge in [0.2, 0.25) is 11.8 Å². The average Bonchev–Trinajstić information content (AvgIpc) is 2.93. The van der Waals surface area contributed by atoms with E-state index >= 15 is 0 Å². The number of carbonyl (C=O) groups is 2. The molecule has 0 saturated carbocycles. The van der Waals surface area contributed by atoms with Gasteiger partial charge in [0.25, 0.3) is 10.0 Å². The summed E-state index contributed by atoms with van der Waals surface area (Å²) in [5.74, 6) is -1.17. The lowest BCUT2D eigenvalue weighted by atomic mass is 10.1. The van der Waals surface area contributed by atoms with E-state index in [0.717, 1.165) is 16.4 Å². The van der Waals surface area contributed by atoms with E-state index < -0.39 is 40.2 Å². The number of rotatable bonds is 12. The Morgan fingerprint density at radius 2 is 1.62 bits per heavy atom. The van der Waals surface area contributed by atoms with Gasteiger partial charge in [-0.1, -0.05) is 29.3 Å². The molecule has 0 saturated heterocycles. The highest BCUT2D eigenvalue weighted by Crippen LogP contribution is 2.27. The van der Waals surface area contributed by atoms with Crippen molar-refractivity contribution in [2.24, 2.45) is 0 Å².